The number of para-hydroxylation sites is 1. The molecular formula is C18H18FN3O4S2. The second kappa shape index (κ2) is 7.02. The quantitative estimate of drug-likeness (QED) is 0.630. The molecule has 0 N–H and O–H groups in total. The molecule has 28 heavy (non-hydrogen) atoms. The van der Waals surface area contributed by atoms with Crippen molar-refractivity contribution in [1.82, 2.24) is 9.19 Å². The lowest BCUT2D eigenvalue weighted by Crippen LogP contribution is -2.27. The summed E-state index contributed by atoms with van der Waals surface area (Å²) in [4.78, 5) is -0.385. The maximum atomic E-state index is 13.1. The average Bonchev–Trinajstić information content (AvgIpc) is 2.97. The fourth-order valence-electron chi connectivity index (χ4n) is 2.83. The van der Waals surface area contributed by atoms with Gasteiger partial charge in [0.25, 0.3) is 20.0 Å². The molecule has 0 saturated carbocycles. The second-order valence-corrected chi connectivity index (χ2v) is 9.78. The van der Waals surface area contributed by atoms with Crippen molar-refractivity contribution < 1.29 is 21.2 Å². The van der Waals surface area contributed by atoms with Crippen LogP contribution in [-0.4, -0.2) is 33.1 Å². The Bertz CT molecular complexity index is 1220. The average molecular weight is 423 g/mol. The van der Waals surface area contributed by atoms with Gasteiger partial charge in [0.15, 0.2) is 0 Å². The monoisotopic (exact) mass is 423 g/mol. The van der Waals surface area contributed by atoms with E-state index in [0.29, 0.717) is 9.77 Å². The van der Waals surface area contributed by atoms with Gasteiger partial charge in [0.2, 0.25) is 0 Å². The molecule has 10 heteroatoms. The van der Waals surface area contributed by atoms with Crippen molar-refractivity contribution in [2.75, 3.05) is 11.4 Å². The first-order valence-electron chi connectivity index (χ1n) is 8.18. The molecule has 3 aromatic rings. The number of anilines is 1. The molecule has 0 atom stereocenters. The van der Waals surface area contributed by atoms with Gasteiger partial charge in [0.1, 0.15) is 10.7 Å². The summed E-state index contributed by atoms with van der Waals surface area (Å²) in [5.74, 6) is -0.583. The molecule has 0 spiro atoms. The molecule has 0 amide bonds. The highest BCUT2D eigenvalue weighted by Gasteiger charge is 2.32. The van der Waals surface area contributed by atoms with Crippen LogP contribution in [0.25, 0.3) is 0 Å². The number of hydrogen-bond donors (Lipinski definition) is 0. The molecule has 7 nitrogen and oxygen atoms in total. The van der Waals surface area contributed by atoms with E-state index < -0.39 is 25.9 Å². The van der Waals surface area contributed by atoms with Crippen molar-refractivity contribution in [2.45, 2.75) is 23.6 Å². The number of halogens is 1. The van der Waals surface area contributed by atoms with Crippen LogP contribution in [0.5, 0.6) is 0 Å². The highest BCUT2D eigenvalue weighted by molar-refractivity contribution is 7.93. The highest BCUT2D eigenvalue weighted by atomic mass is 32.2. The van der Waals surface area contributed by atoms with Gasteiger partial charge < -0.3 is 0 Å². The Morgan fingerprint density at radius 2 is 1.50 bits per heavy atom. The standard InChI is InChI=1S/C18H18FN3O4S2/c1-13-18(28(25,26)21(3)16-7-5-4-6-8-16)14(2)22(20-13)27(23,24)17-11-9-15(19)10-12-17/h4-12H,1-3H3. The van der Waals surface area contributed by atoms with Crippen LogP contribution in [0, 0.1) is 19.7 Å². The molecule has 3 rings (SSSR count). The third-order valence-electron chi connectivity index (χ3n) is 4.26. The van der Waals surface area contributed by atoms with Gasteiger partial charge in [-0.3, -0.25) is 4.31 Å². The summed E-state index contributed by atoms with van der Waals surface area (Å²) >= 11 is 0. The van der Waals surface area contributed by atoms with Crippen molar-refractivity contribution in [3.05, 3.63) is 71.8 Å². The molecule has 1 heterocycles. The third-order valence-corrected chi connectivity index (χ3v) is 7.98. The molecule has 0 saturated heterocycles. The SMILES string of the molecule is Cc1nn(S(=O)(=O)c2ccc(F)cc2)c(C)c1S(=O)(=O)N(C)c1ccccc1. The summed E-state index contributed by atoms with van der Waals surface area (Å²) in [5.41, 5.74) is 0.422. The number of aryl methyl sites for hydroxylation is 1. The molecule has 0 radical (unpaired) electrons. The minimum absolute atomic E-state index is 0.0472. The minimum atomic E-state index is -4.18. The van der Waals surface area contributed by atoms with Crippen LogP contribution in [0.3, 0.4) is 0 Å². The molecule has 0 fully saturated rings. The van der Waals surface area contributed by atoms with E-state index in [1.165, 1.54) is 20.9 Å². The van der Waals surface area contributed by atoms with E-state index in [2.05, 4.69) is 5.10 Å². The van der Waals surface area contributed by atoms with Crippen LogP contribution in [0.15, 0.2) is 64.4 Å². The molecular weight excluding hydrogens is 405 g/mol. The number of aromatic nitrogens is 2. The fourth-order valence-corrected chi connectivity index (χ4v) is 5.80. The number of nitrogens with zero attached hydrogens (tertiary/aromatic N) is 3. The number of rotatable bonds is 5. The molecule has 1 aromatic heterocycles. The van der Waals surface area contributed by atoms with Gasteiger partial charge in [-0.2, -0.15) is 17.6 Å². The van der Waals surface area contributed by atoms with Crippen molar-refractivity contribution in [1.29, 1.82) is 0 Å². The Morgan fingerprint density at radius 1 is 0.929 bits per heavy atom. The summed E-state index contributed by atoms with van der Waals surface area (Å²) in [5, 5.41) is 3.95. The van der Waals surface area contributed by atoms with Crippen molar-refractivity contribution in [2.24, 2.45) is 0 Å². The molecule has 2 aromatic carbocycles. The first-order valence-corrected chi connectivity index (χ1v) is 11.1. The van der Waals surface area contributed by atoms with Gasteiger partial charge in [-0.1, -0.05) is 18.2 Å². The van der Waals surface area contributed by atoms with E-state index in [4.69, 9.17) is 0 Å². The third kappa shape index (κ3) is 3.29. The maximum absolute atomic E-state index is 13.1. The zero-order valence-corrected chi connectivity index (χ0v) is 17.0. The lowest BCUT2D eigenvalue weighted by atomic mass is 10.3. The van der Waals surface area contributed by atoms with Crippen LogP contribution in [0.1, 0.15) is 11.4 Å². The Hall–Kier alpha value is -2.72. The Morgan fingerprint density at radius 3 is 2.07 bits per heavy atom. The number of sulfonamides is 1. The summed E-state index contributed by atoms with van der Waals surface area (Å²) in [6.07, 6.45) is 0. The zero-order valence-electron chi connectivity index (χ0n) is 15.4. The molecule has 148 valence electrons. The van der Waals surface area contributed by atoms with Gasteiger partial charge in [0, 0.05) is 7.05 Å². The lowest BCUT2D eigenvalue weighted by molar-refractivity contribution is 0.576. The van der Waals surface area contributed by atoms with Gasteiger partial charge in [-0.05, 0) is 50.2 Å². The fraction of sp³-hybridized carbons (Fsp3) is 0.167. The first-order chi connectivity index (χ1) is 13.1. The molecule has 0 aliphatic rings. The summed E-state index contributed by atoms with van der Waals surface area (Å²) in [6, 6.07) is 12.6. The van der Waals surface area contributed by atoms with Crippen molar-refractivity contribution >= 4 is 25.7 Å². The van der Waals surface area contributed by atoms with Gasteiger partial charge >= 0.3 is 0 Å². The van der Waals surface area contributed by atoms with Crippen LogP contribution in [0.2, 0.25) is 0 Å². The minimum Gasteiger partial charge on any atom is -0.269 e. The van der Waals surface area contributed by atoms with Crippen LogP contribution in [-0.2, 0) is 20.0 Å². The van der Waals surface area contributed by atoms with E-state index in [-0.39, 0.29) is 21.2 Å². The maximum Gasteiger partial charge on any atom is 0.283 e. The largest absolute Gasteiger partial charge is 0.283 e. The molecule has 0 unspecified atom stereocenters. The number of benzene rings is 2. The normalized spacial score (nSPS) is 12.1. The molecule has 0 aliphatic heterocycles. The Balaban J connectivity index is 2.13. The van der Waals surface area contributed by atoms with Crippen molar-refractivity contribution in [3.63, 3.8) is 0 Å². The second-order valence-electron chi connectivity index (χ2n) is 6.11. The van der Waals surface area contributed by atoms with Gasteiger partial charge in [-0.15, -0.1) is 0 Å². The first kappa shape index (κ1) is 20.0. The van der Waals surface area contributed by atoms with Crippen LogP contribution < -0.4 is 4.31 Å². The molecule has 0 bridgehead atoms. The predicted octanol–water partition coefficient (Wildman–Crippen LogP) is 2.70. The number of hydrogen-bond acceptors (Lipinski definition) is 5. The topological polar surface area (TPSA) is 89.3 Å². The van der Waals surface area contributed by atoms with E-state index in [1.807, 2.05) is 0 Å². The summed E-state index contributed by atoms with van der Waals surface area (Å²) < 4.78 is 66.8. The highest BCUT2D eigenvalue weighted by Crippen LogP contribution is 2.28. The smallest absolute Gasteiger partial charge is 0.269 e. The summed E-state index contributed by atoms with van der Waals surface area (Å²) in [7, 11) is -6.85. The van der Waals surface area contributed by atoms with E-state index >= 15 is 0 Å². The molecule has 0 aliphatic carbocycles. The van der Waals surface area contributed by atoms with E-state index in [0.717, 1.165) is 28.6 Å². The van der Waals surface area contributed by atoms with Crippen molar-refractivity contribution in [3.8, 4) is 0 Å². The lowest BCUT2D eigenvalue weighted by Gasteiger charge is -2.19. The zero-order chi connectivity index (χ0) is 20.7. The van der Waals surface area contributed by atoms with E-state index in [1.54, 1.807) is 30.3 Å². The Kier molecular flexibility index (Phi) is 5.02. The summed E-state index contributed by atoms with van der Waals surface area (Å²) in [6.45, 7) is 2.79. The van der Waals surface area contributed by atoms with Gasteiger partial charge in [0.05, 0.1) is 22.0 Å². The Labute approximate surface area is 163 Å². The van der Waals surface area contributed by atoms with Gasteiger partial charge in [-0.25, -0.2) is 12.8 Å². The van der Waals surface area contributed by atoms with Crippen LogP contribution >= 0.6 is 0 Å². The van der Waals surface area contributed by atoms with Crippen LogP contribution in [0.4, 0.5) is 10.1 Å². The predicted molar refractivity (Wildman–Crippen MR) is 103 cm³/mol. The van der Waals surface area contributed by atoms with E-state index in [9.17, 15) is 21.2 Å².